The maximum atomic E-state index is 13.4. The van der Waals surface area contributed by atoms with Crippen LogP contribution in [-0.2, 0) is 27.7 Å². The van der Waals surface area contributed by atoms with Gasteiger partial charge < -0.3 is 20.1 Å². The van der Waals surface area contributed by atoms with Crippen LogP contribution in [0.4, 0.5) is 5.82 Å². The fraction of sp³-hybridized carbons (Fsp3) is 0.304. The first-order valence-corrected chi connectivity index (χ1v) is 12.2. The standard InChI is InChI=1S/C23H24N4O4S/c1-25-32(3,29)14-5-6-15-20(12-31-21(15)9-14)27(2)23(28)13-4-7-19-16(8-13)17-10-30-11-18(17)22(24)26-19/h4-9,20H,10-12H2,1-3H3,(H2,24,26)/t20-,32+/m1/s1. The molecular weight excluding hydrogens is 428 g/mol. The number of carbonyl (C=O) groups is 1. The average molecular weight is 453 g/mol. The van der Waals surface area contributed by atoms with Gasteiger partial charge in [-0.15, -0.1) is 0 Å². The average Bonchev–Trinajstić information content (AvgIpc) is 3.45. The zero-order valence-corrected chi connectivity index (χ0v) is 18.9. The van der Waals surface area contributed by atoms with Crippen LogP contribution in [-0.4, -0.2) is 47.0 Å². The monoisotopic (exact) mass is 452 g/mol. The van der Waals surface area contributed by atoms with Gasteiger partial charge in [-0.25, -0.2) is 13.6 Å². The van der Waals surface area contributed by atoms with Crippen molar-refractivity contribution in [3.05, 3.63) is 58.7 Å². The first kappa shape index (κ1) is 20.7. The third-order valence-electron chi connectivity index (χ3n) is 6.29. The number of rotatable bonds is 3. The number of nitrogen functional groups attached to an aromatic ring is 1. The van der Waals surface area contributed by atoms with Crippen LogP contribution in [0.15, 0.2) is 45.7 Å². The largest absolute Gasteiger partial charge is 0.491 e. The normalized spacial score (nSPS) is 18.5. The molecule has 0 bridgehead atoms. The van der Waals surface area contributed by atoms with Crippen LogP contribution in [0.3, 0.4) is 0 Å². The van der Waals surface area contributed by atoms with Crippen molar-refractivity contribution in [2.45, 2.75) is 24.2 Å². The van der Waals surface area contributed by atoms with Gasteiger partial charge in [-0.2, -0.15) is 0 Å². The number of nitrogens with two attached hydrogens (primary N) is 1. The Hall–Kier alpha value is -3.17. The number of amides is 1. The second-order valence-electron chi connectivity index (χ2n) is 8.11. The van der Waals surface area contributed by atoms with Gasteiger partial charge in [-0.1, -0.05) is 6.07 Å². The molecule has 166 valence electrons. The molecule has 32 heavy (non-hydrogen) atoms. The maximum absolute atomic E-state index is 13.4. The first-order valence-electron chi connectivity index (χ1n) is 10.2. The number of fused-ring (bicyclic) bond motifs is 4. The summed E-state index contributed by atoms with van der Waals surface area (Å²) in [6.07, 6.45) is 1.60. The third kappa shape index (κ3) is 3.20. The van der Waals surface area contributed by atoms with E-state index in [1.807, 2.05) is 18.2 Å². The van der Waals surface area contributed by atoms with E-state index in [2.05, 4.69) is 9.35 Å². The SMILES string of the molecule is CN=[S@@](C)(=O)c1ccc2c(c1)OC[C@H]2N(C)C(=O)c1ccc2nc(N)c3c(c2c1)COC3. The molecule has 2 aliphatic rings. The highest BCUT2D eigenvalue weighted by Crippen LogP contribution is 2.38. The molecule has 0 radical (unpaired) electrons. The molecule has 5 rings (SSSR count). The van der Waals surface area contributed by atoms with Gasteiger partial charge in [0, 0.05) is 42.4 Å². The van der Waals surface area contributed by atoms with Gasteiger partial charge in [0.25, 0.3) is 5.91 Å². The molecule has 1 amide bonds. The zero-order valence-electron chi connectivity index (χ0n) is 18.1. The molecule has 1 aromatic heterocycles. The number of anilines is 1. The van der Waals surface area contributed by atoms with Crippen molar-refractivity contribution in [2.24, 2.45) is 4.36 Å². The molecule has 3 heterocycles. The molecule has 2 aliphatic heterocycles. The Labute approximate surface area is 186 Å². The molecule has 2 aromatic carbocycles. The number of likely N-dealkylation sites (N-methyl/N-ethyl adjacent to an activating group) is 1. The van der Waals surface area contributed by atoms with Crippen molar-refractivity contribution < 1.29 is 18.5 Å². The van der Waals surface area contributed by atoms with Gasteiger partial charge >= 0.3 is 0 Å². The molecule has 8 nitrogen and oxygen atoms in total. The van der Waals surface area contributed by atoms with E-state index in [0.29, 0.717) is 41.8 Å². The van der Waals surface area contributed by atoms with Crippen LogP contribution in [0.5, 0.6) is 5.75 Å². The van der Waals surface area contributed by atoms with E-state index in [1.54, 1.807) is 43.5 Å². The summed E-state index contributed by atoms with van der Waals surface area (Å²) in [4.78, 5) is 20.1. The van der Waals surface area contributed by atoms with Crippen molar-refractivity contribution in [1.82, 2.24) is 9.88 Å². The number of carbonyl (C=O) groups excluding carboxylic acids is 1. The molecular formula is C23H24N4O4S. The van der Waals surface area contributed by atoms with Crippen LogP contribution in [0, 0.1) is 0 Å². The van der Waals surface area contributed by atoms with Gasteiger partial charge in [-0.3, -0.25) is 4.79 Å². The number of nitrogens with zero attached hydrogens (tertiary/aromatic N) is 3. The maximum Gasteiger partial charge on any atom is 0.254 e. The van der Waals surface area contributed by atoms with Gasteiger partial charge in [-0.05, 0) is 35.9 Å². The number of hydrogen-bond donors (Lipinski definition) is 1. The second-order valence-corrected chi connectivity index (χ2v) is 10.5. The fourth-order valence-electron chi connectivity index (χ4n) is 4.28. The predicted octanol–water partition coefficient (Wildman–Crippen LogP) is 3.14. The van der Waals surface area contributed by atoms with Crippen molar-refractivity contribution in [3.63, 3.8) is 0 Å². The van der Waals surface area contributed by atoms with Gasteiger partial charge in [0.1, 0.15) is 18.2 Å². The quantitative estimate of drug-likeness (QED) is 0.654. The highest BCUT2D eigenvalue weighted by atomic mass is 32.2. The molecule has 0 fully saturated rings. The molecule has 0 saturated carbocycles. The van der Waals surface area contributed by atoms with Crippen LogP contribution in [0.2, 0.25) is 0 Å². The van der Waals surface area contributed by atoms with Gasteiger partial charge in [0.15, 0.2) is 0 Å². The number of benzene rings is 2. The summed E-state index contributed by atoms with van der Waals surface area (Å²) in [5.74, 6) is 0.996. The van der Waals surface area contributed by atoms with Crippen LogP contribution in [0.1, 0.15) is 33.1 Å². The summed E-state index contributed by atoms with van der Waals surface area (Å²) in [6.45, 7) is 1.24. The Morgan fingerprint density at radius 1 is 1.22 bits per heavy atom. The highest BCUT2D eigenvalue weighted by Gasteiger charge is 2.32. The fourth-order valence-corrected chi connectivity index (χ4v) is 5.14. The highest BCUT2D eigenvalue weighted by molar-refractivity contribution is 7.93. The predicted molar refractivity (Wildman–Crippen MR) is 122 cm³/mol. The molecule has 0 spiro atoms. The number of ether oxygens (including phenoxy) is 2. The first-order chi connectivity index (χ1) is 15.3. The molecule has 0 aliphatic carbocycles. The summed E-state index contributed by atoms with van der Waals surface area (Å²) >= 11 is 0. The zero-order chi connectivity index (χ0) is 22.6. The van der Waals surface area contributed by atoms with E-state index in [-0.39, 0.29) is 11.9 Å². The lowest BCUT2D eigenvalue weighted by Crippen LogP contribution is -2.32. The number of pyridine rings is 1. The summed E-state index contributed by atoms with van der Waals surface area (Å²) in [5.41, 5.74) is 10.1. The minimum atomic E-state index is -2.46. The Bertz CT molecular complexity index is 1390. The number of aromatic nitrogens is 1. The smallest absolute Gasteiger partial charge is 0.254 e. The van der Waals surface area contributed by atoms with E-state index >= 15 is 0 Å². The van der Waals surface area contributed by atoms with Crippen molar-refractivity contribution in [3.8, 4) is 5.75 Å². The van der Waals surface area contributed by atoms with E-state index < -0.39 is 9.73 Å². The Balaban J connectivity index is 1.47. The topological polar surface area (TPSA) is 107 Å². The summed E-state index contributed by atoms with van der Waals surface area (Å²) in [5, 5.41) is 0.889. The van der Waals surface area contributed by atoms with Crippen LogP contribution < -0.4 is 10.5 Å². The van der Waals surface area contributed by atoms with Gasteiger partial charge in [0.05, 0.1) is 39.4 Å². The van der Waals surface area contributed by atoms with Gasteiger partial charge in [0.2, 0.25) is 0 Å². The number of hydrogen-bond acceptors (Lipinski definition) is 7. The minimum Gasteiger partial charge on any atom is -0.491 e. The lowest BCUT2D eigenvalue weighted by atomic mass is 10.0. The molecule has 3 aromatic rings. The summed E-state index contributed by atoms with van der Waals surface area (Å²) in [7, 11) is 0.852. The van der Waals surface area contributed by atoms with E-state index in [1.165, 1.54) is 0 Å². The molecule has 2 N–H and O–H groups in total. The molecule has 2 atom stereocenters. The molecule has 0 saturated heterocycles. The lowest BCUT2D eigenvalue weighted by molar-refractivity contribution is 0.0708. The molecule has 9 heteroatoms. The van der Waals surface area contributed by atoms with E-state index in [0.717, 1.165) is 27.6 Å². The molecule has 0 unspecified atom stereocenters. The summed E-state index contributed by atoms with van der Waals surface area (Å²) in [6, 6.07) is 10.6. The van der Waals surface area contributed by atoms with Crippen LogP contribution >= 0.6 is 0 Å². The van der Waals surface area contributed by atoms with Crippen LogP contribution in [0.25, 0.3) is 10.9 Å². The van der Waals surface area contributed by atoms with Crippen molar-refractivity contribution in [1.29, 1.82) is 0 Å². The Kier molecular flexibility index (Phi) is 4.83. The Morgan fingerprint density at radius 2 is 2.00 bits per heavy atom. The Morgan fingerprint density at radius 3 is 2.78 bits per heavy atom. The van der Waals surface area contributed by atoms with E-state index in [4.69, 9.17) is 15.2 Å². The lowest BCUT2D eigenvalue weighted by Gasteiger charge is -2.24. The van der Waals surface area contributed by atoms with Crippen molar-refractivity contribution >= 4 is 32.4 Å². The third-order valence-corrected chi connectivity index (χ3v) is 8.12. The van der Waals surface area contributed by atoms with Crippen molar-refractivity contribution in [2.75, 3.05) is 32.7 Å². The van der Waals surface area contributed by atoms with E-state index in [9.17, 15) is 9.00 Å². The minimum absolute atomic E-state index is 0.121. The summed E-state index contributed by atoms with van der Waals surface area (Å²) < 4.78 is 27.9. The second kappa shape index (κ2) is 7.46.